The number of carbonyl (C=O) groups is 1. The summed E-state index contributed by atoms with van der Waals surface area (Å²) in [6.45, 7) is 0.543. The second-order valence-corrected chi connectivity index (χ2v) is 5.26. The quantitative estimate of drug-likeness (QED) is 0.946. The maximum absolute atomic E-state index is 13.6. The van der Waals surface area contributed by atoms with Crippen molar-refractivity contribution in [2.45, 2.75) is 18.9 Å². The fourth-order valence-electron chi connectivity index (χ4n) is 2.66. The van der Waals surface area contributed by atoms with Crippen LogP contribution < -0.4 is 14.8 Å². The van der Waals surface area contributed by atoms with Crippen LogP contribution in [0.5, 0.6) is 11.6 Å². The van der Waals surface area contributed by atoms with Crippen LogP contribution in [0, 0.1) is 5.82 Å². The van der Waals surface area contributed by atoms with Gasteiger partial charge in [0, 0.05) is 11.8 Å². The Bertz CT molecular complexity index is 721. The van der Waals surface area contributed by atoms with Gasteiger partial charge in [0.25, 0.3) is 5.91 Å². The average Bonchev–Trinajstić information content (AvgIpc) is 2.77. The fraction of sp³-hybridized carbons (Fsp3) is 0.294. The predicted octanol–water partition coefficient (Wildman–Crippen LogP) is 2.87. The van der Waals surface area contributed by atoms with Crippen molar-refractivity contribution in [3.63, 3.8) is 0 Å². The summed E-state index contributed by atoms with van der Waals surface area (Å²) in [5.41, 5.74) is 0.997. The molecule has 0 radical (unpaired) electrons. The number of methoxy groups -OCH3 is 1. The minimum absolute atomic E-state index is 0.259. The second-order valence-electron chi connectivity index (χ2n) is 5.26. The maximum Gasteiger partial charge on any atom is 0.257 e. The van der Waals surface area contributed by atoms with E-state index in [-0.39, 0.29) is 23.6 Å². The number of nitrogens with one attached hydrogen (secondary N) is 1. The van der Waals surface area contributed by atoms with Gasteiger partial charge in [0.15, 0.2) is 0 Å². The van der Waals surface area contributed by atoms with Crippen LogP contribution in [0.15, 0.2) is 36.5 Å². The molecule has 1 aromatic heterocycles. The monoisotopic (exact) mass is 316 g/mol. The van der Waals surface area contributed by atoms with E-state index in [1.807, 2.05) is 0 Å². The van der Waals surface area contributed by atoms with E-state index in [0.717, 1.165) is 6.42 Å². The van der Waals surface area contributed by atoms with Gasteiger partial charge >= 0.3 is 0 Å². The molecule has 0 saturated carbocycles. The third-order valence-electron chi connectivity index (χ3n) is 3.76. The molecule has 2 heterocycles. The van der Waals surface area contributed by atoms with Crippen LogP contribution in [0.4, 0.5) is 4.39 Å². The lowest BCUT2D eigenvalue weighted by Gasteiger charge is -2.19. The molecule has 1 aromatic carbocycles. The molecule has 0 fully saturated rings. The summed E-state index contributed by atoms with van der Waals surface area (Å²) in [6, 6.07) is 7.35. The van der Waals surface area contributed by atoms with Crippen molar-refractivity contribution in [3.8, 4) is 11.6 Å². The molecule has 1 unspecified atom stereocenters. The molecule has 0 spiro atoms. The van der Waals surface area contributed by atoms with Crippen LogP contribution in [0.3, 0.4) is 0 Å². The van der Waals surface area contributed by atoms with Crippen molar-refractivity contribution < 1.29 is 18.7 Å². The summed E-state index contributed by atoms with van der Waals surface area (Å²) < 4.78 is 24.3. The number of hydrogen-bond acceptors (Lipinski definition) is 4. The van der Waals surface area contributed by atoms with E-state index >= 15 is 0 Å². The van der Waals surface area contributed by atoms with E-state index in [1.54, 1.807) is 24.4 Å². The number of rotatable bonds is 3. The molecule has 1 atom stereocenters. The summed E-state index contributed by atoms with van der Waals surface area (Å²) in [6.07, 6.45) is 3.00. The molecule has 3 rings (SSSR count). The Morgan fingerprint density at radius 1 is 1.43 bits per heavy atom. The van der Waals surface area contributed by atoms with Crippen molar-refractivity contribution in [3.05, 3.63) is 53.5 Å². The molecular weight excluding hydrogens is 299 g/mol. The lowest BCUT2D eigenvalue weighted by molar-refractivity contribution is 0.0930. The molecule has 1 N–H and O–H groups in total. The number of hydrogen-bond donors (Lipinski definition) is 1. The first-order valence-electron chi connectivity index (χ1n) is 7.41. The molecule has 1 aliphatic heterocycles. The molecule has 0 aliphatic carbocycles. The predicted molar refractivity (Wildman–Crippen MR) is 82.1 cm³/mol. The number of nitrogens with zero attached hydrogens (tertiary/aromatic N) is 1. The SMILES string of the molecule is COc1ncccc1C(=O)NC1CCCOc2ccc(F)cc21. The van der Waals surface area contributed by atoms with Crippen LogP contribution in [-0.2, 0) is 0 Å². The van der Waals surface area contributed by atoms with E-state index in [9.17, 15) is 9.18 Å². The Labute approximate surface area is 133 Å². The Morgan fingerprint density at radius 3 is 3.13 bits per heavy atom. The highest BCUT2D eigenvalue weighted by molar-refractivity contribution is 5.96. The van der Waals surface area contributed by atoms with Gasteiger partial charge in [0.05, 0.1) is 19.8 Å². The van der Waals surface area contributed by atoms with E-state index in [1.165, 1.54) is 19.2 Å². The molecule has 0 bridgehead atoms. The normalized spacial score (nSPS) is 16.7. The number of pyridine rings is 1. The van der Waals surface area contributed by atoms with Crippen LogP contribution in [0.2, 0.25) is 0 Å². The van der Waals surface area contributed by atoms with Crippen molar-refractivity contribution in [2.75, 3.05) is 13.7 Å². The van der Waals surface area contributed by atoms with Gasteiger partial charge in [-0.25, -0.2) is 9.37 Å². The molecule has 1 aliphatic rings. The van der Waals surface area contributed by atoms with E-state index in [2.05, 4.69) is 10.3 Å². The lowest BCUT2D eigenvalue weighted by Crippen LogP contribution is -2.29. The fourth-order valence-corrected chi connectivity index (χ4v) is 2.66. The highest BCUT2D eigenvalue weighted by atomic mass is 19.1. The number of carbonyl (C=O) groups excluding carboxylic acids is 1. The second kappa shape index (κ2) is 6.64. The van der Waals surface area contributed by atoms with Crippen LogP contribution in [0.1, 0.15) is 34.8 Å². The molecule has 5 nitrogen and oxygen atoms in total. The van der Waals surface area contributed by atoms with Crippen LogP contribution in [-0.4, -0.2) is 24.6 Å². The van der Waals surface area contributed by atoms with Crippen molar-refractivity contribution >= 4 is 5.91 Å². The largest absolute Gasteiger partial charge is 0.493 e. The van der Waals surface area contributed by atoms with Gasteiger partial charge in [-0.2, -0.15) is 0 Å². The van der Waals surface area contributed by atoms with Gasteiger partial charge in [-0.15, -0.1) is 0 Å². The maximum atomic E-state index is 13.6. The minimum Gasteiger partial charge on any atom is -0.493 e. The molecule has 1 amide bonds. The summed E-state index contributed by atoms with van der Waals surface area (Å²) >= 11 is 0. The number of ether oxygens (including phenoxy) is 2. The summed E-state index contributed by atoms with van der Waals surface area (Å²) in [7, 11) is 1.46. The van der Waals surface area contributed by atoms with Gasteiger partial charge in [-0.1, -0.05) is 0 Å². The highest BCUT2D eigenvalue weighted by Crippen LogP contribution is 2.32. The van der Waals surface area contributed by atoms with Gasteiger partial charge < -0.3 is 14.8 Å². The average molecular weight is 316 g/mol. The smallest absolute Gasteiger partial charge is 0.257 e. The standard InChI is InChI=1S/C17H17FN2O3/c1-22-17-12(4-2-8-19-17)16(21)20-14-5-3-9-23-15-7-6-11(18)10-13(14)15/h2,4,6-8,10,14H,3,5,9H2,1H3,(H,20,21). The number of amides is 1. The topological polar surface area (TPSA) is 60.5 Å². The number of fused-ring (bicyclic) bond motifs is 1. The zero-order chi connectivity index (χ0) is 16.2. The van der Waals surface area contributed by atoms with E-state index in [0.29, 0.717) is 29.9 Å². The molecule has 2 aromatic rings. The Balaban J connectivity index is 1.88. The molecular formula is C17H17FN2O3. The molecule has 0 saturated heterocycles. The number of benzene rings is 1. The lowest BCUT2D eigenvalue weighted by atomic mass is 10.0. The summed E-state index contributed by atoms with van der Waals surface area (Å²) in [5, 5.41) is 2.93. The Morgan fingerprint density at radius 2 is 2.30 bits per heavy atom. The highest BCUT2D eigenvalue weighted by Gasteiger charge is 2.24. The molecule has 23 heavy (non-hydrogen) atoms. The van der Waals surface area contributed by atoms with Gasteiger partial charge in [-0.05, 0) is 43.2 Å². The Kier molecular flexibility index (Phi) is 4.41. The zero-order valence-corrected chi connectivity index (χ0v) is 12.7. The van der Waals surface area contributed by atoms with Gasteiger partial charge in [-0.3, -0.25) is 4.79 Å². The molecule has 6 heteroatoms. The third-order valence-corrected chi connectivity index (χ3v) is 3.76. The van der Waals surface area contributed by atoms with Crippen molar-refractivity contribution in [1.82, 2.24) is 10.3 Å². The van der Waals surface area contributed by atoms with Gasteiger partial charge in [0.2, 0.25) is 5.88 Å². The first-order chi connectivity index (χ1) is 11.2. The first kappa shape index (κ1) is 15.3. The van der Waals surface area contributed by atoms with Crippen molar-refractivity contribution in [2.24, 2.45) is 0 Å². The van der Waals surface area contributed by atoms with Crippen LogP contribution >= 0.6 is 0 Å². The van der Waals surface area contributed by atoms with E-state index in [4.69, 9.17) is 9.47 Å². The first-order valence-corrected chi connectivity index (χ1v) is 7.41. The minimum atomic E-state index is -0.354. The number of halogens is 1. The third kappa shape index (κ3) is 3.26. The van der Waals surface area contributed by atoms with Gasteiger partial charge in [0.1, 0.15) is 17.1 Å². The Hall–Kier alpha value is -2.63. The molecule has 120 valence electrons. The number of aromatic nitrogens is 1. The van der Waals surface area contributed by atoms with Crippen molar-refractivity contribution in [1.29, 1.82) is 0 Å². The summed E-state index contributed by atoms with van der Waals surface area (Å²) in [5.74, 6) is 0.200. The van der Waals surface area contributed by atoms with Crippen LogP contribution in [0.25, 0.3) is 0 Å². The zero-order valence-electron chi connectivity index (χ0n) is 12.7. The van der Waals surface area contributed by atoms with E-state index < -0.39 is 0 Å². The summed E-state index contributed by atoms with van der Waals surface area (Å²) in [4.78, 5) is 16.6.